The first-order valence-electron chi connectivity index (χ1n) is 8.51. The zero-order valence-electron chi connectivity index (χ0n) is 15.1. The molecule has 0 bridgehead atoms. The number of carbonyl (C=O) groups excluding carboxylic acids is 1. The van der Waals surface area contributed by atoms with Gasteiger partial charge in [-0.3, -0.25) is 14.6 Å². The maximum atomic E-state index is 11.9. The number of para-hydroxylation sites is 1. The second-order valence-corrected chi connectivity index (χ2v) is 6.67. The van der Waals surface area contributed by atoms with E-state index >= 15 is 0 Å². The van der Waals surface area contributed by atoms with Crippen LogP contribution in [0.2, 0.25) is 0 Å². The number of amides is 1. The van der Waals surface area contributed by atoms with Crippen LogP contribution in [0.25, 0.3) is 0 Å². The molecule has 1 aromatic heterocycles. The van der Waals surface area contributed by atoms with Crippen molar-refractivity contribution in [1.82, 2.24) is 20.6 Å². The minimum atomic E-state index is -0.707. The van der Waals surface area contributed by atoms with Gasteiger partial charge in [-0.25, -0.2) is 15.3 Å². The summed E-state index contributed by atoms with van der Waals surface area (Å²) in [6, 6.07) is 17.1. The summed E-state index contributed by atoms with van der Waals surface area (Å²) in [7, 11) is 0. The van der Waals surface area contributed by atoms with Gasteiger partial charge in [-0.05, 0) is 17.7 Å². The van der Waals surface area contributed by atoms with Gasteiger partial charge in [0.2, 0.25) is 5.91 Å². The molecule has 0 radical (unpaired) electrons. The third-order valence-electron chi connectivity index (χ3n) is 3.57. The van der Waals surface area contributed by atoms with Crippen LogP contribution >= 0.6 is 11.8 Å². The minimum Gasteiger partial charge on any atom is -0.488 e. The van der Waals surface area contributed by atoms with Crippen LogP contribution in [0.1, 0.15) is 11.1 Å². The second kappa shape index (κ2) is 10.0. The van der Waals surface area contributed by atoms with E-state index < -0.39 is 17.2 Å². The third-order valence-corrected chi connectivity index (χ3v) is 4.53. The summed E-state index contributed by atoms with van der Waals surface area (Å²) in [6.45, 7) is 0.412. The summed E-state index contributed by atoms with van der Waals surface area (Å²) in [4.78, 5) is 36.4. The summed E-state index contributed by atoms with van der Waals surface area (Å²) in [5.74, 6) is 0.111. The molecule has 3 N–H and O–H groups in total. The lowest BCUT2D eigenvalue weighted by molar-refractivity contribution is -0.118. The van der Waals surface area contributed by atoms with Gasteiger partial charge in [-0.15, -0.1) is 0 Å². The molecule has 10 heteroatoms. The summed E-state index contributed by atoms with van der Waals surface area (Å²) < 4.78 is 5.83. The fraction of sp³-hybridized carbons (Fsp3) is 0.105. The lowest BCUT2D eigenvalue weighted by Gasteiger charge is -2.08. The first kappa shape index (κ1) is 20.1. The maximum Gasteiger partial charge on any atom is 0.342 e. The number of aromatic amines is 2. The van der Waals surface area contributed by atoms with Crippen molar-refractivity contribution in [3.05, 3.63) is 86.6 Å². The number of rotatable bonds is 8. The first-order valence-corrected chi connectivity index (χ1v) is 9.50. The average Bonchev–Trinajstić information content (AvgIpc) is 2.73. The monoisotopic (exact) mass is 411 g/mol. The Balaban J connectivity index is 1.53. The van der Waals surface area contributed by atoms with Crippen LogP contribution in [0.15, 0.2) is 74.3 Å². The molecular weight excluding hydrogens is 394 g/mol. The average molecular weight is 411 g/mol. The third kappa shape index (κ3) is 6.18. The van der Waals surface area contributed by atoms with Crippen molar-refractivity contribution >= 4 is 23.9 Å². The summed E-state index contributed by atoms with van der Waals surface area (Å²) in [5.41, 5.74) is 2.76. The minimum absolute atomic E-state index is 0.0108. The largest absolute Gasteiger partial charge is 0.488 e. The van der Waals surface area contributed by atoms with E-state index in [-0.39, 0.29) is 10.8 Å². The molecule has 0 saturated carbocycles. The van der Waals surface area contributed by atoms with Crippen molar-refractivity contribution in [2.45, 2.75) is 11.6 Å². The molecule has 29 heavy (non-hydrogen) atoms. The fourth-order valence-electron chi connectivity index (χ4n) is 2.23. The smallest absolute Gasteiger partial charge is 0.342 e. The molecule has 0 aliphatic rings. The number of hydrogen-bond donors (Lipinski definition) is 3. The van der Waals surface area contributed by atoms with Crippen molar-refractivity contribution in [2.75, 3.05) is 5.75 Å². The van der Waals surface area contributed by atoms with Crippen molar-refractivity contribution < 1.29 is 9.53 Å². The highest BCUT2D eigenvalue weighted by molar-refractivity contribution is 7.99. The van der Waals surface area contributed by atoms with Gasteiger partial charge in [-0.1, -0.05) is 54.2 Å². The number of carbonyl (C=O) groups is 1. The fourth-order valence-corrected chi connectivity index (χ4v) is 2.85. The molecular formula is C19H17N5O4S. The molecule has 2 aromatic carbocycles. The number of benzene rings is 2. The zero-order chi connectivity index (χ0) is 20.5. The highest BCUT2D eigenvalue weighted by Crippen LogP contribution is 2.17. The lowest BCUT2D eigenvalue weighted by Crippen LogP contribution is -2.26. The zero-order valence-corrected chi connectivity index (χ0v) is 15.9. The SMILES string of the molecule is O=C(CSc1n[nH]c(=O)[nH]c1=O)NN=Cc1ccccc1OCc1ccccc1. The lowest BCUT2D eigenvalue weighted by atomic mass is 10.2. The van der Waals surface area contributed by atoms with Gasteiger partial charge >= 0.3 is 5.69 Å². The summed E-state index contributed by atoms with van der Waals surface area (Å²) in [5, 5.41) is 9.60. The predicted molar refractivity (Wildman–Crippen MR) is 109 cm³/mol. The molecule has 0 spiro atoms. The molecule has 1 heterocycles. The van der Waals surface area contributed by atoms with Crippen LogP contribution in [0.4, 0.5) is 0 Å². The number of ether oxygens (including phenoxy) is 1. The standard InChI is InChI=1S/C19H17N5O4S/c25-16(12-29-18-17(26)21-19(27)24-23-18)22-20-10-14-8-4-5-9-15(14)28-11-13-6-2-1-3-7-13/h1-10H,11-12H2,(H,22,25)(H2,21,24,26,27). The number of aromatic nitrogens is 3. The van der Waals surface area contributed by atoms with E-state index in [1.165, 1.54) is 6.21 Å². The number of H-pyrrole nitrogens is 2. The van der Waals surface area contributed by atoms with E-state index in [4.69, 9.17) is 4.74 Å². The number of nitrogens with one attached hydrogen (secondary N) is 3. The Bertz CT molecular complexity index is 1110. The number of hydrazone groups is 1. The molecule has 1 amide bonds. The van der Waals surface area contributed by atoms with Crippen LogP contribution in [-0.2, 0) is 11.4 Å². The van der Waals surface area contributed by atoms with Crippen LogP contribution in [0.3, 0.4) is 0 Å². The van der Waals surface area contributed by atoms with E-state index in [0.29, 0.717) is 17.9 Å². The van der Waals surface area contributed by atoms with Crippen molar-refractivity contribution in [3.8, 4) is 5.75 Å². The highest BCUT2D eigenvalue weighted by atomic mass is 32.2. The molecule has 0 unspecified atom stereocenters. The van der Waals surface area contributed by atoms with E-state index in [0.717, 1.165) is 17.3 Å². The maximum absolute atomic E-state index is 11.9. The summed E-state index contributed by atoms with van der Waals surface area (Å²) >= 11 is 0.883. The van der Waals surface area contributed by atoms with Crippen LogP contribution in [-0.4, -0.2) is 33.1 Å². The topological polar surface area (TPSA) is 129 Å². The Kier molecular flexibility index (Phi) is 6.95. The Labute approximate surface area is 169 Å². The second-order valence-electron chi connectivity index (χ2n) is 5.71. The van der Waals surface area contributed by atoms with E-state index in [2.05, 4.69) is 20.7 Å². The Morgan fingerprint density at radius 3 is 2.69 bits per heavy atom. The van der Waals surface area contributed by atoms with Crippen LogP contribution in [0.5, 0.6) is 5.75 Å². The quantitative estimate of drug-likeness (QED) is 0.291. The van der Waals surface area contributed by atoms with Gasteiger partial charge < -0.3 is 4.74 Å². The Hall–Kier alpha value is -3.66. The molecule has 0 fully saturated rings. The number of nitrogens with zero attached hydrogens (tertiary/aromatic N) is 2. The number of thioether (sulfide) groups is 1. The molecule has 148 valence electrons. The highest BCUT2D eigenvalue weighted by Gasteiger charge is 2.07. The van der Waals surface area contributed by atoms with Gasteiger partial charge in [-0.2, -0.15) is 10.2 Å². The van der Waals surface area contributed by atoms with Crippen molar-refractivity contribution in [3.63, 3.8) is 0 Å². The molecule has 0 aliphatic carbocycles. The Morgan fingerprint density at radius 1 is 1.14 bits per heavy atom. The van der Waals surface area contributed by atoms with Crippen LogP contribution in [0, 0.1) is 0 Å². The van der Waals surface area contributed by atoms with Gasteiger partial charge in [0.1, 0.15) is 12.4 Å². The molecule has 0 saturated heterocycles. The van der Waals surface area contributed by atoms with Crippen molar-refractivity contribution in [1.29, 1.82) is 0 Å². The Morgan fingerprint density at radius 2 is 1.90 bits per heavy atom. The molecule has 0 atom stereocenters. The van der Waals surface area contributed by atoms with Crippen LogP contribution < -0.4 is 21.4 Å². The van der Waals surface area contributed by atoms with Gasteiger partial charge in [0.05, 0.1) is 12.0 Å². The van der Waals surface area contributed by atoms with Gasteiger partial charge in [0.25, 0.3) is 5.56 Å². The molecule has 3 aromatic rings. The number of hydrogen-bond acceptors (Lipinski definition) is 7. The normalized spacial score (nSPS) is 10.8. The molecule has 0 aliphatic heterocycles. The molecule has 9 nitrogen and oxygen atoms in total. The van der Waals surface area contributed by atoms with E-state index in [9.17, 15) is 14.4 Å². The van der Waals surface area contributed by atoms with Crippen molar-refractivity contribution in [2.24, 2.45) is 5.10 Å². The molecule has 3 rings (SSSR count). The van der Waals surface area contributed by atoms with E-state index in [1.54, 1.807) is 0 Å². The first-order chi connectivity index (χ1) is 14.1. The summed E-state index contributed by atoms with van der Waals surface area (Å²) in [6.07, 6.45) is 1.48. The van der Waals surface area contributed by atoms with Gasteiger partial charge in [0, 0.05) is 5.56 Å². The van der Waals surface area contributed by atoms with E-state index in [1.807, 2.05) is 59.6 Å². The predicted octanol–water partition coefficient (Wildman–Crippen LogP) is 1.28. The van der Waals surface area contributed by atoms with Gasteiger partial charge in [0.15, 0.2) is 5.03 Å².